The summed E-state index contributed by atoms with van der Waals surface area (Å²) in [6, 6.07) is 0.830. The SMILES string of the molecule is Nc1nc(N)c2ncc(C(F)(F)F)cc2n1. The first-order chi connectivity index (χ1) is 7.38. The third-order valence-electron chi connectivity index (χ3n) is 1.91. The molecule has 2 rings (SSSR count). The van der Waals surface area contributed by atoms with Gasteiger partial charge in [-0.1, -0.05) is 0 Å². The van der Waals surface area contributed by atoms with Gasteiger partial charge in [0, 0.05) is 6.20 Å². The first-order valence-electron chi connectivity index (χ1n) is 4.14. The maximum Gasteiger partial charge on any atom is 0.417 e. The molecule has 0 atom stereocenters. The van der Waals surface area contributed by atoms with Crippen molar-refractivity contribution in [2.45, 2.75) is 6.18 Å². The van der Waals surface area contributed by atoms with Gasteiger partial charge in [0.25, 0.3) is 0 Å². The van der Waals surface area contributed by atoms with Gasteiger partial charge < -0.3 is 11.5 Å². The number of alkyl halides is 3. The van der Waals surface area contributed by atoms with Crippen LogP contribution in [0.5, 0.6) is 0 Å². The van der Waals surface area contributed by atoms with Gasteiger partial charge in [0.05, 0.1) is 11.1 Å². The van der Waals surface area contributed by atoms with Crippen molar-refractivity contribution >= 4 is 22.8 Å². The van der Waals surface area contributed by atoms with Gasteiger partial charge >= 0.3 is 6.18 Å². The Morgan fingerprint density at radius 3 is 2.44 bits per heavy atom. The number of fused-ring (bicyclic) bond motifs is 1. The van der Waals surface area contributed by atoms with Crippen LogP contribution in [0.4, 0.5) is 24.9 Å². The summed E-state index contributed by atoms with van der Waals surface area (Å²) in [5, 5.41) is 0. The van der Waals surface area contributed by atoms with Gasteiger partial charge in [-0.15, -0.1) is 0 Å². The van der Waals surface area contributed by atoms with E-state index < -0.39 is 11.7 Å². The number of nitrogens with two attached hydrogens (primary N) is 2. The highest BCUT2D eigenvalue weighted by Gasteiger charge is 2.31. The summed E-state index contributed by atoms with van der Waals surface area (Å²) in [6.07, 6.45) is -3.80. The molecule has 2 aromatic rings. The Hall–Kier alpha value is -2.12. The zero-order chi connectivity index (χ0) is 11.9. The van der Waals surface area contributed by atoms with Crippen molar-refractivity contribution < 1.29 is 13.2 Å². The molecule has 0 unspecified atom stereocenters. The molecule has 5 nitrogen and oxygen atoms in total. The molecule has 0 aliphatic carbocycles. The predicted molar refractivity (Wildman–Crippen MR) is 51.2 cm³/mol. The van der Waals surface area contributed by atoms with E-state index in [1.165, 1.54) is 0 Å². The minimum atomic E-state index is -4.48. The molecule has 4 N–H and O–H groups in total. The van der Waals surface area contributed by atoms with Crippen molar-refractivity contribution in [3.8, 4) is 0 Å². The Morgan fingerprint density at radius 1 is 1.12 bits per heavy atom. The monoisotopic (exact) mass is 229 g/mol. The summed E-state index contributed by atoms with van der Waals surface area (Å²) < 4.78 is 37.1. The van der Waals surface area contributed by atoms with E-state index in [1.54, 1.807) is 0 Å². The summed E-state index contributed by atoms with van der Waals surface area (Å²) in [6.45, 7) is 0. The van der Waals surface area contributed by atoms with Gasteiger partial charge in [-0.3, -0.25) is 4.98 Å². The van der Waals surface area contributed by atoms with E-state index in [0.717, 1.165) is 6.07 Å². The number of hydrogen-bond acceptors (Lipinski definition) is 5. The van der Waals surface area contributed by atoms with E-state index in [9.17, 15) is 13.2 Å². The number of rotatable bonds is 0. The highest BCUT2D eigenvalue weighted by atomic mass is 19.4. The van der Waals surface area contributed by atoms with E-state index in [0.29, 0.717) is 6.20 Å². The van der Waals surface area contributed by atoms with Crippen LogP contribution in [0.3, 0.4) is 0 Å². The maximum atomic E-state index is 12.4. The molecule has 0 fully saturated rings. The predicted octanol–water partition coefficient (Wildman–Crippen LogP) is 1.21. The quantitative estimate of drug-likeness (QED) is 0.708. The summed E-state index contributed by atoms with van der Waals surface area (Å²) in [4.78, 5) is 10.8. The lowest BCUT2D eigenvalue weighted by Crippen LogP contribution is -2.07. The molecule has 2 aromatic heterocycles. The van der Waals surface area contributed by atoms with Crippen LogP contribution in [0.2, 0.25) is 0 Å². The van der Waals surface area contributed by atoms with Crippen LogP contribution < -0.4 is 11.5 Å². The molecule has 0 aliphatic heterocycles. The van der Waals surface area contributed by atoms with Crippen LogP contribution in [0, 0.1) is 0 Å². The highest BCUT2D eigenvalue weighted by molar-refractivity contribution is 5.85. The van der Waals surface area contributed by atoms with Crippen LogP contribution >= 0.6 is 0 Å². The van der Waals surface area contributed by atoms with Crippen molar-refractivity contribution in [1.82, 2.24) is 15.0 Å². The van der Waals surface area contributed by atoms with Crippen molar-refractivity contribution in [2.24, 2.45) is 0 Å². The van der Waals surface area contributed by atoms with Crippen molar-refractivity contribution in [2.75, 3.05) is 11.5 Å². The smallest absolute Gasteiger partial charge is 0.382 e. The second-order valence-corrected chi connectivity index (χ2v) is 3.06. The molecule has 0 aliphatic rings. The maximum absolute atomic E-state index is 12.4. The van der Waals surface area contributed by atoms with E-state index in [2.05, 4.69) is 15.0 Å². The normalized spacial score (nSPS) is 11.9. The number of anilines is 2. The van der Waals surface area contributed by atoms with E-state index in [-0.39, 0.29) is 22.8 Å². The largest absolute Gasteiger partial charge is 0.417 e. The van der Waals surface area contributed by atoms with Crippen LogP contribution in [0.15, 0.2) is 12.3 Å². The summed E-state index contributed by atoms with van der Waals surface area (Å²) in [7, 11) is 0. The van der Waals surface area contributed by atoms with Gasteiger partial charge in [0.15, 0.2) is 5.82 Å². The lowest BCUT2D eigenvalue weighted by Gasteiger charge is -2.07. The van der Waals surface area contributed by atoms with Gasteiger partial charge in [0.1, 0.15) is 5.52 Å². The van der Waals surface area contributed by atoms with Crippen molar-refractivity contribution in [1.29, 1.82) is 0 Å². The number of nitrogen functional groups attached to an aromatic ring is 2. The van der Waals surface area contributed by atoms with Gasteiger partial charge in [-0.05, 0) is 6.07 Å². The number of halogens is 3. The minimum absolute atomic E-state index is 0.0279. The van der Waals surface area contributed by atoms with Gasteiger partial charge in [0.2, 0.25) is 5.95 Å². The summed E-state index contributed by atoms with van der Waals surface area (Å²) in [5.41, 5.74) is 9.88. The molecular weight excluding hydrogens is 223 g/mol. The standard InChI is InChI=1S/C8H6F3N5/c9-8(10,11)3-1-4-5(14-2-3)6(12)16-7(13)15-4/h1-2H,(H4,12,13,15,16). The molecule has 0 spiro atoms. The average Bonchev–Trinajstić information content (AvgIpc) is 2.15. The first-order valence-corrected chi connectivity index (χ1v) is 4.14. The fourth-order valence-electron chi connectivity index (χ4n) is 1.22. The Labute approximate surface area is 87.3 Å². The lowest BCUT2D eigenvalue weighted by molar-refractivity contribution is -0.137. The summed E-state index contributed by atoms with van der Waals surface area (Å²) in [5.74, 6) is -0.234. The van der Waals surface area contributed by atoms with Crippen LogP contribution in [0.25, 0.3) is 11.0 Å². The highest BCUT2D eigenvalue weighted by Crippen LogP contribution is 2.30. The van der Waals surface area contributed by atoms with Gasteiger partial charge in [-0.2, -0.15) is 18.2 Å². The Kier molecular flexibility index (Phi) is 2.07. The minimum Gasteiger partial charge on any atom is -0.382 e. The Bertz CT molecular complexity index is 551. The molecule has 2 heterocycles. The van der Waals surface area contributed by atoms with E-state index in [1.807, 2.05) is 0 Å². The van der Waals surface area contributed by atoms with Crippen LogP contribution in [-0.4, -0.2) is 15.0 Å². The van der Waals surface area contributed by atoms with Crippen molar-refractivity contribution in [3.63, 3.8) is 0 Å². The van der Waals surface area contributed by atoms with Crippen LogP contribution in [-0.2, 0) is 6.18 Å². The molecule has 0 amide bonds. The topological polar surface area (TPSA) is 90.7 Å². The number of aromatic nitrogens is 3. The molecule has 16 heavy (non-hydrogen) atoms. The van der Waals surface area contributed by atoms with Crippen molar-refractivity contribution in [3.05, 3.63) is 17.8 Å². The van der Waals surface area contributed by atoms with Gasteiger partial charge in [-0.25, -0.2) is 4.98 Å². The second kappa shape index (κ2) is 3.19. The molecule has 84 valence electrons. The molecule has 0 bridgehead atoms. The third-order valence-corrected chi connectivity index (χ3v) is 1.91. The average molecular weight is 229 g/mol. The zero-order valence-electron chi connectivity index (χ0n) is 7.78. The molecule has 0 aromatic carbocycles. The Morgan fingerprint density at radius 2 is 1.81 bits per heavy atom. The van der Waals surface area contributed by atoms with E-state index >= 15 is 0 Å². The lowest BCUT2D eigenvalue weighted by atomic mass is 10.2. The molecule has 8 heteroatoms. The summed E-state index contributed by atoms with van der Waals surface area (Å²) >= 11 is 0. The molecule has 0 saturated heterocycles. The molecule has 0 saturated carbocycles. The van der Waals surface area contributed by atoms with Crippen LogP contribution in [0.1, 0.15) is 5.56 Å². The zero-order valence-corrected chi connectivity index (χ0v) is 7.78. The molecule has 0 radical (unpaired) electrons. The number of pyridine rings is 1. The first kappa shape index (κ1) is 10.4. The third kappa shape index (κ3) is 1.69. The number of nitrogens with zero attached hydrogens (tertiary/aromatic N) is 3. The Balaban J connectivity index is 2.71. The fourth-order valence-corrected chi connectivity index (χ4v) is 1.22. The number of hydrogen-bond donors (Lipinski definition) is 2. The molecular formula is C8H6F3N5. The fraction of sp³-hybridized carbons (Fsp3) is 0.125. The van der Waals surface area contributed by atoms with E-state index in [4.69, 9.17) is 11.5 Å². The second-order valence-electron chi connectivity index (χ2n) is 3.06.